The average molecular weight is 432 g/mol. The topological polar surface area (TPSA) is 37.6 Å². The first kappa shape index (κ1) is 20.2. The van der Waals surface area contributed by atoms with Crippen LogP contribution in [0.15, 0.2) is 50.6 Å². The van der Waals surface area contributed by atoms with E-state index in [0.717, 1.165) is 16.8 Å². The predicted octanol–water partition coefficient (Wildman–Crippen LogP) is 6.25. The largest absolute Gasteiger partial charge is 0.411 e. The summed E-state index contributed by atoms with van der Waals surface area (Å²) < 4.78 is 42.8. The van der Waals surface area contributed by atoms with Crippen molar-refractivity contribution in [1.82, 2.24) is 4.98 Å². The van der Waals surface area contributed by atoms with Crippen LogP contribution in [0.25, 0.3) is 11.3 Å². The molecule has 1 aliphatic rings. The zero-order valence-electron chi connectivity index (χ0n) is 14.6. The second-order valence-corrected chi connectivity index (χ2v) is 9.27. The molecule has 144 valence electrons. The third-order valence-corrected chi connectivity index (χ3v) is 7.02. The number of alkyl halides is 3. The lowest BCUT2D eigenvalue weighted by molar-refractivity contribution is -0.146. The minimum atomic E-state index is -4.29. The summed E-state index contributed by atoms with van der Waals surface area (Å²) in [6, 6.07) is 5.80. The average Bonchev–Trinajstić information content (AvgIpc) is 3.09. The fraction of sp³-hybridized carbons (Fsp3) is 0.333. The monoisotopic (exact) mass is 431 g/mol. The Bertz CT molecular complexity index is 919. The molecule has 2 heterocycles. The van der Waals surface area contributed by atoms with Gasteiger partial charge in [-0.05, 0) is 37.3 Å². The number of benzene rings is 1. The summed E-state index contributed by atoms with van der Waals surface area (Å²) in [7, 11) is -0.437. The van der Waals surface area contributed by atoms with Crippen molar-refractivity contribution in [2.24, 2.45) is 9.36 Å². The number of hydrogen-bond acceptors (Lipinski definition) is 4. The zero-order valence-corrected chi connectivity index (χ0v) is 17.0. The van der Waals surface area contributed by atoms with Crippen LogP contribution in [0, 0.1) is 0 Å². The zero-order chi connectivity index (χ0) is 19.6. The van der Waals surface area contributed by atoms with Gasteiger partial charge in [-0.1, -0.05) is 40.5 Å². The van der Waals surface area contributed by atoms with E-state index in [4.69, 9.17) is 11.6 Å². The first-order valence-corrected chi connectivity index (χ1v) is 11.0. The molecule has 0 saturated heterocycles. The van der Waals surface area contributed by atoms with Gasteiger partial charge in [0.05, 0.1) is 5.69 Å². The van der Waals surface area contributed by atoms with Crippen molar-refractivity contribution >= 4 is 45.0 Å². The number of aliphatic imine (C=N–C) groups is 1. The maximum Gasteiger partial charge on any atom is 0.411 e. The summed E-state index contributed by atoms with van der Waals surface area (Å²) in [5.74, 6) is 0. The molecule has 1 aliphatic heterocycles. The van der Waals surface area contributed by atoms with Gasteiger partial charge in [-0.25, -0.2) is 4.98 Å². The van der Waals surface area contributed by atoms with Crippen molar-refractivity contribution in [2.75, 3.05) is 6.26 Å². The van der Waals surface area contributed by atoms with Gasteiger partial charge in [0.25, 0.3) is 0 Å². The van der Waals surface area contributed by atoms with Crippen LogP contribution in [0.2, 0.25) is 5.02 Å². The molecule has 0 saturated carbocycles. The third-order valence-electron chi connectivity index (χ3n) is 4.17. The van der Waals surface area contributed by atoms with E-state index in [1.807, 2.05) is 36.8 Å². The number of hydrogen-bond donors (Lipinski definition) is 0. The highest BCUT2D eigenvalue weighted by molar-refractivity contribution is 7.87. The van der Waals surface area contributed by atoms with Gasteiger partial charge in [-0.2, -0.15) is 17.5 Å². The molecule has 0 N–H and O–H groups in total. The Kier molecular flexibility index (Phi) is 6.18. The molecule has 0 amide bonds. The van der Waals surface area contributed by atoms with Gasteiger partial charge >= 0.3 is 6.18 Å². The smallest absolute Gasteiger partial charge is 0.280 e. The Hall–Kier alpha value is -1.51. The molecule has 0 spiro atoms. The van der Waals surface area contributed by atoms with Crippen LogP contribution in [0.3, 0.4) is 0 Å². The van der Waals surface area contributed by atoms with Gasteiger partial charge in [0.15, 0.2) is 0 Å². The lowest BCUT2D eigenvalue weighted by Crippen LogP contribution is -2.29. The Morgan fingerprint density at radius 3 is 2.78 bits per heavy atom. The number of rotatable bonds is 4. The van der Waals surface area contributed by atoms with Crippen molar-refractivity contribution in [3.63, 3.8) is 0 Å². The summed E-state index contributed by atoms with van der Waals surface area (Å²) in [6.45, 7) is 1.95. The van der Waals surface area contributed by atoms with Gasteiger partial charge in [-0.15, -0.1) is 11.3 Å². The molecule has 9 heteroatoms. The molecule has 0 bridgehead atoms. The third kappa shape index (κ3) is 5.06. The van der Waals surface area contributed by atoms with Gasteiger partial charge in [-0.3, -0.25) is 4.99 Å². The molecule has 27 heavy (non-hydrogen) atoms. The summed E-state index contributed by atoms with van der Waals surface area (Å²) in [5.41, 5.74) is 2.51. The molecule has 0 aliphatic carbocycles. The van der Waals surface area contributed by atoms with Gasteiger partial charge in [0.1, 0.15) is 6.04 Å². The van der Waals surface area contributed by atoms with Crippen LogP contribution in [0.1, 0.15) is 13.3 Å². The summed E-state index contributed by atoms with van der Waals surface area (Å²) in [6.07, 6.45) is 0.499. The molecule has 1 aromatic heterocycles. The number of nitrogens with zero attached hydrogens (tertiary/aromatic N) is 3. The normalized spacial score (nSPS) is 19.8. The van der Waals surface area contributed by atoms with E-state index in [-0.39, 0.29) is 11.7 Å². The Labute approximate surface area is 167 Å². The first-order chi connectivity index (χ1) is 12.7. The molecule has 0 fully saturated rings. The molecule has 2 aromatic rings. The van der Waals surface area contributed by atoms with Crippen LogP contribution in [-0.2, 0) is 10.7 Å². The summed E-state index contributed by atoms with van der Waals surface area (Å²) >= 11 is 7.45. The predicted molar refractivity (Wildman–Crippen MR) is 108 cm³/mol. The van der Waals surface area contributed by atoms with Crippen LogP contribution < -0.4 is 0 Å². The van der Waals surface area contributed by atoms with Crippen molar-refractivity contribution < 1.29 is 13.2 Å². The van der Waals surface area contributed by atoms with Crippen molar-refractivity contribution in [3.05, 3.63) is 46.3 Å². The Balaban J connectivity index is 1.73. The molecule has 0 radical (unpaired) electrons. The number of aromatic nitrogens is 1. The lowest BCUT2D eigenvalue weighted by atomic mass is 10.1. The molecule has 3 unspecified atom stereocenters. The maximum absolute atomic E-state index is 12.7. The van der Waals surface area contributed by atoms with Gasteiger partial charge in [0, 0.05) is 27.4 Å². The minimum Gasteiger partial charge on any atom is -0.280 e. The minimum absolute atomic E-state index is 0.0264. The van der Waals surface area contributed by atoms with Crippen LogP contribution in [-0.4, -0.2) is 34.9 Å². The fourth-order valence-corrected chi connectivity index (χ4v) is 4.78. The highest BCUT2D eigenvalue weighted by atomic mass is 35.5. The van der Waals surface area contributed by atoms with E-state index in [0.29, 0.717) is 10.2 Å². The van der Waals surface area contributed by atoms with E-state index in [1.165, 1.54) is 17.6 Å². The standard InChI is InChI=1S/C18H17ClF3N3S2/c1-11(13-6-7-16(23-9-13)18(20,21)22)27(2)25-17-24-15(10-26-17)12-4-3-5-14(19)8-12/h3-6,8-11,16H,7H2,1-2H3. The van der Waals surface area contributed by atoms with E-state index in [2.05, 4.69) is 14.3 Å². The second-order valence-electron chi connectivity index (χ2n) is 6.06. The lowest BCUT2D eigenvalue weighted by Gasteiger charge is -2.21. The Morgan fingerprint density at radius 2 is 2.15 bits per heavy atom. The van der Waals surface area contributed by atoms with Crippen LogP contribution >= 0.6 is 22.9 Å². The highest BCUT2D eigenvalue weighted by Gasteiger charge is 2.39. The molecule has 3 atom stereocenters. The SMILES string of the molecule is CC(C1=CCC(C(F)(F)F)N=C1)S(C)=Nc1nc(-c2cccc(Cl)c2)cs1. The fourth-order valence-electron chi connectivity index (χ4n) is 2.51. The van der Waals surface area contributed by atoms with Crippen molar-refractivity contribution in [3.8, 4) is 11.3 Å². The van der Waals surface area contributed by atoms with Crippen molar-refractivity contribution in [2.45, 2.75) is 30.8 Å². The molecule has 3 rings (SSSR count). The molecular formula is C18H17ClF3N3S2. The van der Waals surface area contributed by atoms with E-state index in [9.17, 15) is 13.2 Å². The van der Waals surface area contributed by atoms with Gasteiger partial charge < -0.3 is 0 Å². The second kappa shape index (κ2) is 8.24. The molecular weight excluding hydrogens is 415 g/mol. The highest BCUT2D eigenvalue weighted by Crippen LogP contribution is 2.31. The van der Waals surface area contributed by atoms with Crippen LogP contribution in [0.5, 0.6) is 0 Å². The number of thiazole rings is 1. The Morgan fingerprint density at radius 1 is 1.37 bits per heavy atom. The van der Waals surface area contributed by atoms with Gasteiger partial charge in [0.2, 0.25) is 5.13 Å². The van der Waals surface area contributed by atoms with Crippen molar-refractivity contribution in [1.29, 1.82) is 0 Å². The van der Waals surface area contributed by atoms with E-state index < -0.39 is 22.9 Å². The first-order valence-electron chi connectivity index (χ1n) is 8.12. The number of halogens is 4. The van der Waals surface area contributed by atoms with E-state index in [1.54, 1.807) is 12.1 Å². The molecule has 1 aromatic carbocycles. The summed E-state index contributed by atoms with van der Waals surface area (Å²) in [5, 5.41) is 3.18. The van der Waals surface area contributed by atoms with E-state index >= 15 is 0 Å². The quantitative estimate of drug-likeness (QED) is 0.564. The number of dihydropyridines is 1. The molecule has 3 nitrogen and oxygen atoms in total. The summed E-state index contributed by atoms with van der Waals surface area (Å²) in [4.78, 5) is 8.20. The maximum atomic E-state index is 12.7. The van der Waals surface area contributed by atoms with Crippen LogP contribution in [0.4, 0.5) is 18.3 Å².